The molecule has 0 saturated carbocycles. The van der Waals surface area contributed by atoms with Crippen LogP contribution in [0.4, 0.5) is 0 Å². The Kier molecular flexibility index (Phi) is 4.86. The molecule has 4 rings (SSSR count). The second-order valence-corrected chi connectivity index (χ2v) is 9.34. The lowest BCUT2D eigenvalue weighted by atomic mass is 10.3. The van der Waals surface area contributed by atoms with Gasteiger partial charge in [0.2, 0.25) is 5.78 Å². The molecule has 0 aliphatic carbocycles. The molecule has 1 heterocycles. The number of carbonyl (C=O) groups is 1. The summed E-state index contributed by atoms with van der Waals surface area (Å²) in [7, 11) is 0. The maximum absolute atomic E-state index is 13.1. The minimum Gasteiger partial charge on any atom is -0.440 e. The fraction of sp³-hybridized carbons (Fsp3) is 0. The summed E-state index contributed by atoms with van der Waals surface area (Å²) in [5, 5.41) is 3.36. The Balaban J connectivity index is 2.08. The highest BCUT2D eigenvalue weighted by Gasteiger charge is 2.27. The maximum Gasteiger partial charge on any atom is 0.223 e. The molecule has 0 fully saturated rings. The molecular weight excluding hydrogens is 353 g/mol. The largest absolute Gasteiger partial charge is 0.440 e. The second kappa shape index (κ2) is 7.61. The predicted octanol–water partition coefficient (Wildman–Crippen LogP) is 3.65. The number of rotatable bonds is 5. The first-order valence-electron chi connectivity index (χ1n) is 8.65. The SMILES string of the molecule is O=C(C=P(c1ccccc1)(c1ccccc1)c1ccccc1)c1cnco1. The first-order valence-corrected chi connectivity index (χ1v) is 10.5. The topological polar surface area (TPSA) is 43.1 Å². The molecule has 0 unspecified atom stereocenters. The van der Waals surface area contributed by atoms with Gasteiger partial charge in [0.25, 0.3) is 0 Å². The van der Waals surface area contributed by atoms with Crippen molar-refractivity contribution in [3.8, 4) is 0 Å². The molecular formula is C23H18NO2P. The van der Waals surface area contributed by atoms with E-state index in [1.807, 2.05) is 60.4 Å². The molecule has 3 nitrogen and oxygen atoms in total. The summed E-state index contributed by atoms with van der Waals surface area (Å²) in [6.07, 6.45) is 2.75. The highest BCUT2D eigenvalue weighted by molar-refractivity contribution is 7.95. The van der Waals surface area contributed by atoms with Crippen LogP contribution in [0.25, 0.3) is 0 Å². The van der Waals surface area contributed by atoms with E-state index in [9.17, 15) is 4.79 Å². The first kappa shape index (κ1) is 17.3. The van der Waals surface area contributed by atoms with E-state index < -0.39 is 6.89 Å². The number of hydrogen-bond acceptors (Lipinski definition) is 3. The summed E-state index contributed by atoms with van der Waals surface area (Å²) in [6, 6.07) is 30.6. The second-order valence-electron chi connectivity index (χ2n) is 6.09. The van der Waals surface area contributed by atoms with E-state index in [1.165, 1.54) is 12.6 Å². The van der Waals surface area contributed by atoms with Crippen LogP contribution >= 0.6 is 6.89 Å². The Bertz CT molecular complexity index is 970. The van der Waals surface area contributed by atoms with Gasteiger partial charge in [-0.3, -0.25) is 4.79 Å². The Hall–Kier alpha value is -3.16. The Morgan fingerprint density at radius 3 is 1.56 bits per heavy atom. The van der Waals surface area contributed by atoms with Gasteiger partial charge in [-0.25, -0.2) is 4.98 Å². The lowest BCUT2D eigenvalue weighted by Gasteiger charge is -2.28. The average molecular weight is 371 g/mol. The van der Waals surface area contributed by atoms with Gasteiger partial charge in [0.1, 0.15) is 0 Å². The van der Waals surface area contributed by atoms with E-state index in [0.717, 1.165) is 15.9 Å². The number of benzene rings is 3. The zero-order chi connectivity index (χ0) is 18.5. The number of oxazole rings is 1. The van der Waals surface area contributed by atoms with Gasteiger partial charge in [-0.15, -0.1) is 0 Å². The molecule has 0 atom stereocenters. The van der Waals surface area contributed by atoms with E-state index in [-0.39, 0.29) is 11.5 Å². The standard InChI is InChI=1S/C23H18NO2P/c25-22(23-16-24-18-26-23)17-27(19-10-4-1-5-11-19,20-12-6-2-7-13-20)21-14-8-3-9-15-21/h1-18H. The molecule has 0 saturated heterocycles. The van der Waals surface area contributed by atoms with Crippen molar-refractivity contribution in [3.63, 3.8) is 0 Å². The summed E-state index contributed by atoms with van der Waals surface area (Å²) < 4.78 is 5.27. The first-order chi connectivity index (χ1) is 13.3. The molecule has 4 aromatic rings. The van der Waals surface area contributed by atoms with Crippen molar-refractivity contribution < 1.29 is 9.21 Å². The van der Waals surface area contributed by atoms with Crippen LogP contribution in [0.1, 0.15) is 10.6 Å². The molecule has 0 aliphatic rings. The molecule has 0 aliphatic heterocycles. The van der Waals surface area contributed by atoms with Crippen molar-refractivity contribution in [2.75, 3.05) is 0 Å². The molecule has 0 N–H and O–H groups in total. The lowest BCUT2D eigenvalue weighted by Crippen LogP contribution is -2.28. The van der Waals surface area contributed by atoms with Crippen LogP contribution in [0.3, 0.4) is 0 Å². The summed E-state index contributed by atoms with van der Waals surface area (Å²) in [5.41, 5.74) is 0. The van der Waals surface area contributed by atoms with Gasteiger partial charge in [-0.2, -0.15) is 0 Å². The van der Waals surface area contributed by atoms with Gasteiger partial charge < -0.3 is 4.42 Å². The van der Waals surface area contributed by atoms with E-state index in [0.29, 0.717) is 0 Å². The summed E-state index contributed by atoms with van der Waals surface area (Å²) in [6.45, 7) is -2.31. The van der Waals surface area contributed by atoms with E-state index in [1.54, 1.807) is 0 Å². The van der Waals surface area contributed by atoms with Crippen molar-refractivity contribution >= 4 is 34.4 Å². The quantitative estimate of drug-likeness (QED) is 0.397. The van der Waals surface area contributed by atoms with E-state index in [2.05, 4.69) is 41.4 Å². The van der Waals surface area contributed by atoms with Gasteiger partial charge >= 0.3 is 0 Å². The van der Waals surface area contributed by atoms with Gasteiger partial charge in [0.05, 0.1) is 6.20 Å². The third-order valence-electron chi connectivity index (χ3n) is 4.48. The van der Waals surface area contributed by atoms with Crippen LogP contribution in [-0.2, 0) is 0 Å². The van der Waals surface area contributed by atoms with Crippen LogP contribution in [0.15, 0.2) is 108 Å². The van der Waals surface area contributed by atoms with Crippen LogP contribution in [0.2, 0.25) is 0 Å². The normalized spacial score (nSPS) is 11.1. The lowest BCUT2D eigenvalue weighted by molar-refractivity contribution is 0.104. The highest BCUT2D eigenvalue weighted by Crippen LogP contribution is 2.43. The van der Waals surface area contributed by atoms with Crippen molar-refractivity contribution in [1.29, 1.82) is 0 Å². The Labute approximate surface area is 158 Å². The molecule has 4 heteroatoms. The minimum atomic E-state index is -2.31. The molecule has 132 valence electrons. The number of nitrogens with zero attached hydrogens (tertiary/aromatic N) is 1. The summed E-state index contributed by atoms with van der Waals surface area (Å²) in [4.78, 5) is 17.0. The van der Waals surface area contributed by atoms with Gasteiger partial charge in [0, 0.05) is 0 Å². The molecule has 0 spiro atoms. The van der Waals surface area contributed by atoms with Crippen LogP contribution < -0.4 is 15.9 Å². The van der Waals surface area contributed by atoms with E-state index in [4.69, 9.17) is 4.42 Å². The van der Waals surface area contributed by atoms with Gasteiger partial charge in [-0.05, 0) is 28.6 Å². The number of carbonyl (C=O) groups excluding carboxylic acids is 1. The smallest absolute Gasteiger partial charge is 0.223 e. The molecule has 27 heavy (non-hydrogen) atoms. The minimum absolute atomic E-state index is 0.155. The molecule has 3 aromatic carbocycles. The third kappa shape index (κ3) is 3.30. The average Bonchev–Trinajstić information content (AvgIpc) is 3.29. The highest BCUT2D eigenvalue weighted by atomic mass is 31.2. The van der Waals surface area contributed by atoms with Crippen molar-refractivity contribution in [2.45, 2.75) is 0 Å². The van der Waals surface area contributed by atoms with Crippen molar-refractivity contribution in [2.24, 2.45) is 0 Å². The Morgan fingerprint density at radius 1 is 0.741 bits per heavy atom. The number of aromatic nitrogens is 1. The van der Waals surface area contributed by atoms with Crippen LogP contribution in [0.5, 0.6) is 0 Å². The van der Waals surface area contributed by atoms with Gasteiger partial charge in [-0.1, -0.05) is 91.0 Å². The van der Waals surface area contributed by atoms with E-state index >= 15 is 0 Å². The van der Waals surface area contributed by atoms with Crippen LogP contribution in [0, 0.1) is 0 Å². The molecule has 1 aromatic heterocycles. The predicted molar refractivity (Wildman–Crippen MR) is 112 cm³/mol. The molecule has 0 amide bonds. The van der Waals surface area contributed by atoms with Crippen LogP contribution in [-0.4, -0.2) is 16.6 Å². The Morgan fingerprint density at radius 2 is 1.19 bits per heavy atom. The fourth-order valence-corrected chi connectivity index (χ4v) is 6.99. The summed E-state index contributed by atoms with van der Waals surface area (Å²) >= 11 is 0. The zero-order valence-electron chi connectivity index (χ0n) is 14.6. The van der Waals surface area contributed by atoms with Crippen molar-refractivity contribution in [3.05, 3.63) is 109 Å². The molecule has 0 radical (unpaired) electrons. The monoisotopic (exact) mass is 371 g/mol. The van der Waals surface area contributed by atoms with Crippen molar-refractivity contribution in [1.82, 2.24) is 4.98 Å². The molecule has 0 bridgehead atoms. The number of hydrogen-bond donors (Lipinski definition) is 0. The zero-order valence-corrected chi connectivity index (χ0v) is 15.5. The number of Topliss-reactive ketones (excluding diaryl/α,β-unsaturated/α-hetero) is 1. The van der Waals surface area contributed by atoms with Gasteiger partial charge in [0.15, 0.2) is 12.2 Å². The number of ketones is 1. The summed E-state index contributed by atoms with van der Waals surface area (Å²) in [5.74, 6) is 1.94. The third-order valence-corrected chi connectivity index (χ3v) is 8.44. The fourth-order valence-electron chi connectivity index (χ4n) is 3.24. The maximum atomic E-state index is 13.1.